The lowest BCUT2D eigenvalue weighted by Gasteiger charge is -2.10. The highest BCUT2D eigenvalue weighted by molar-refractivity contribution is 7.99. The molecule has 0 aliphatic rings. The fourth-order valence-corrected chi connectivity index (χ4v) is 2.17. The summed E-state index contributed by atoms with van der Waals surface area (Å²) in [6, 6.07) is 8.05. The Hall–Kier alpha value is -0.470. The SMILES string of the molecule is CCCSc1ccccc1C(C)O. The van der Waals surface area contributed by atoms with Gasteiger partial charge in [-0.05, 0) is 30.7 Å². The monoisotopic (exact) mass is 196 g/mol. The highest BCUT2D eigenvalue weighted by Gasteiger charge is 2.06. The molecule has 2 heteroatoms. The molecule has 1 nitrogen and oxygen atoms in total. The minimum absolute atomic E-state index is 0.361. The molecule has 13 heavy (non-hydrogen) atoms. The minimum Gasteiger partial charge on any atom is -0.389 e. The van der Waals surface area contributed by atoms with Crippen LogP contribution in [-0.2, 0) is 0 Å². The van der Waals surface area contributed by atoms with Gasteiger partial charge in [-0.15, -0.1) is 11.8 Å². The normalized spacial score (nSPS) is 12.8. The Kier molecular flexibility index (Phi) is 4.33. The number of benzene rings is 1. The third-order valence-corrected chi connectivity index (χ3v) is 3.13. The van der Waals surface area contributed by atoms with Crippen LogP contribution >= 0.6 is 11.8 Å². The van der Waals surface area contributed by atoms with E-state index in [0.29, 0.717) is 0 Å². The van der Waals surface area contributed by atoms with Crippen LogP contribution in [0.1, 0.15) is 31.9 Å². The zero-order valence-electron chi connectivity index (χ0n) is 8.16. The van der Waals surface area contributed by atoms with Crippen molar-refractivity contribution in [3.63, 3.8) is 0 Å². The van der Waals surface area contributed by atoms with E-state index in [4.69, 9.17) is 0 Å². The van der Waals surface area contributed by atoms with Gasteiger partial charge in [-0.25, -0.2) is 0 Å². The average molecular weight is 196 g/mol. The molecule has 1 unspecified atom stereocenters. The Morgan fingerprint density at radius 3 is 2.69 bits per heavy atom. The Bertz CT molecular complexity index is 258. The molecule has 0 spiro atoms. The van der Waals surface area contributed by atoms with Crippen molar-refractivity contribution in [3.8, 4) is 0 Å². The molecule has 0 heterocycles. The molecule has 1 N–H and O–H groups in total. The van der Waals surface area contributed by atoms with E-state index in [0.717, 1.165) is 11.3 Å². The van der Waals surface area contributed by atoms with E-state index in [1.165, 1.54) is 11.3 Å². The number of thioether (sulfide) groups is 1. The first-order valence-electron chi connectivity index (χ1n) is 4.65. The molecule has 0 fully saturated rings. The molecule has 72 valence electrons. The molecule has 0 saturated carbocycles. The maximum Gasteiger partial charge on any atom is 0.0772 e. The van der Waals surface area contributed by atoms with Crippen molar-refractivity contribution in [3.05, 3.63) is 29.8 Å². The third-order valence-electron chi connectivity index (χ3n) is 1.83. The van der Waals surface area contributed by atoms with Crippen LogP contribution in [0.2, 0.25) is 0 Å². The average Bonchev–Trinajstić information content (AvgIpc) is 2.15. The molecule has 1 rings (SSSR count). The molecule has 0 radical (unpaired) electrons. The first kappa shape index (κ1) is 10.6. The van der Waals surface area contributed by atoms with Crippen molar-refractivity contribution in [2.75, 3.05) is 5.75 Å². The standard InChI is InChI=1S/C11H16OS/c1-3-8-13-11-7-5-4-6-10(11)9(2)12/h4-7,9,12H,3,8H2,1-2H3. The summed E-state index contributed by atoms with van der Waals surface area (Å²) in [4.78, 5) is 1.21. The van der Waals surface area contributed by atoms with Gasteiger partial charge in [-0.2, -0.15) is 0 Å². The first-order valence-corrected chi connectivity index (χ1v) is 5.64. The Balaban J connectivity index is 2.78. The van der Waals surface area contributed by atoms with Crippen molar-refractivity contribution in [2.24, 2.45) is 0 Å². The second-order valence-corrected chi connectivity index (χ2v) is 4.20. The van der Waals surface area contributed by atoms with Crippen molar-refractivity contribution < 1.29 is 5.11 Å². The predicted octanol–water partition coefficient (Wildman–Crippen LogP) is 3.24. The summed E-state index contributed by atoms with van der Waals surface area (Å²) < 4.78 is 0. The largest absolute Gasteiger partial charge is 0.389 e. The van der Waals surface area contributed by atoms with Crippen LogP contribution in [0.3, 0.4) is 0 Å². The van der Waals surface area contributed by atoms with Gasteiger partial charge in [-0.3, -0.25) is 0 Å². The number of hydrogen-bond donors (Lipinski definition) is 1. The van der Waals surface area contributed by atoms with Crippen molar-refractivity contribution in [1.29, 1.82) is 0 Å². The van der Waals surface area contributed by atoms with E-state index in [9.17, 15) is 5.11 Å². The summed E-state index contributed by atoms with van der Waals surface area (Å²) in [7, 11) is 0. The van der Waals surface area contributed by atoms with Gasteiger partial charge >= 0.3 is 0 Å². The van der Waals surface area contributed by atoms with Crippen LogP contribution in [0.15, 0.2) is 29.2 Å². The molecule has 0 saturated heterocycles. The molecule has 1 aromatic carbocycles. The summed E-state index contributed by atoms with van der Waals surface area (Å²) in [5.74, 6) is 1.11. The van der Waals surface area contributed by atoms with Crippen LogP contribution in [0.5, 0.6) is 0 Å². The number of aliphatic hydroxyl groups is 1. The van der Waals surface area contributed by atoms with Crippen LogP contribution in [0.25, 0.3) is 0 Å². The molecule has 0 aliphatic carbocycles. The predicted molar refractivity (Wildman–Crippen MR) is 58.1 cm³/mol. The molecule has 0 bridgehead atoms. The van der Waals surface area contributed by atoms with Crippen molar-refractivity contribution in [1.82, 2.24) is 0 Å². The summed E-state index contributed by atoms with van der Waals surface area (Å²) in [6.07, 6.45) is 0.805. The lowest BCUT2D eigenvalue weighted by atomic mass is 10.1. The lowest BCUT2D eigenvalue weighted by molar-refractivity contribution is 0.196. The van der Waals surface area contributed by atoms with Gasteiger partial charge in [0.15, 0.2) is 0 Å². The van der Waals surface area contributed by atoms with Crippen molar-refractivity contribution in [2.45, 2.75) is 31.3 Å². The van der Waals surface area contributed by atoms with Crippen LogP contribution in [0.4, 0.5) is 0 Å². The summed E-state index contributed by atoms with van der Waals surface area (Å²) in [5, 5.41) is 9.49. The fraction of sp³-hybridized carbons (Fsp3) is 0.455. The molecule has 1 atom stereocenters. The first-order chi connectivity index (χ1) is 6.25. The lowest BCUT2D eigenvalue weighted by Crippen LogP contribution is -1.93. The van der Waals surface area contributed by atoms with Crippen LogP contribution in [0, 0.1) is 0 Å². The molecule has 0 amide bonds. The van der Waals surface area contributed by atoms with Gasteiger partial charge in [0.05, 0.1) is 6.10 Å². The molecule has 1 aromatic rings. The van der Waals surface area contributed by atoms with E-state index in [-0.39, 0.29) is 6.10 Å². The van der Waals surface area contributed by atoms with Crippen molar-refractivity contribution >= 4 is 11.8 Å². The topological polar surface area (TPSA) is 20.2 Å². The van der Waals surface area contributed by atoms with E-state index < -0.39 is 0 Å². The molecule has 0 aliphatic heterocycles. The number of aliphatic hydroxyl groups excluding tert-OH is 1. The van der Waals surface area contributed by atoms with E-state index in [1.807, 2.05) is 36.9 Å². The Labute approximate surface area is 84.2 Å². The van der Waals surface area contributed by atoms with Gasteiger partial charge in [-0.1, -0.05) is 25.1 Å². The van der Waals surface area contributed by atoms with Gasteiger partial charge in [0.2, 0.25) is 0 Å². The van der Waals surface area contributed by atoms with Crippen LogP contribution in [-0.4, -0.2) is 10.9 Å². The Morgan fingerprint density at radius 1 is 1.38 bits per heavy atom. The fourth-order valence-electron chi connectivity index (χ4n) is 1.17. The molecular formula is C11H16OS. The minimum atomic E-state index is -0.361. The summed E-state index contributed by atoms with van der Waals surface area (Å²) in [5.41, 5.74) is 1.04. The van der Waals surface area contributed by atoms with Gasteiger partial charge in [0.1, 0.15) is 0 Å². The van der Waals surface area contributed by atoms with Gasteiger partial charge in [0.25, 0.3) is 0 Å². The number of rotatable bonds is 4. The quantitative estimate of drug-likeness (QED) is 0.746. The third kappa shape index (κ3) is 3.05. The van der Waals surface area contributed by atoms with Gasteiger partial charge in [0, 0.05) is 4.90 Å². The maximum atomic E-state index is 9.49. The molecule has 0 aromatic heterocycles. The summed E-state index contributed by atoms with van der Waals surface area (Å²) in [6.45, 7) is 3.98. The second-order valence-electron chi connectivity index (χ2n) is 3.06. The molecular weight excluding hydrogens is 180 g/mol. The maximum absolute atomic E-state index is 9.49. The van der Waals surface area contributed by atoms with E-state index in [1.54, 1.807) is 0 Å². The summed E-state index contributed by atoms with van der Waals surface area (Å²) >= 11 is 1.82. The highest BCUT2D eigenvalue weighted by atomic mass is 32.2. The van der Waals surface area contributed by atoms with Gasteiger partial charge < -0.3 is 5.11 Å². The van der Waals surface area contributed by atoms with Crippen LogP contribution < -0.4 is 0 Å². The second kappa shape index (κ2) is 5.30. The zero-order valence-corrected chi connectivity index (χ0v) is 8.97. The Morgan fingerprint density at radius 2 is 2.08 bits per heavy atom. The van der Waals surface area contributed by atoms with E-state index in [2.05, 4.69) is 13.0 Å². The smallest absolute Gasteiger partial charge is 0.0772 e. The zero-order chi connectivity index (χ0) is 9.68. The highest BCUT2D eigenvalue weighted by Crippen LogP contribution is 2.27. The van der Waals surface area contributed by atoms with E-state index >= 15 is 0 Å². The number of hydrogen-bond acceptors (Lipinski definition) is 2.